The van der Waals surface area contributed by atoms with E-state index in [0.29, 0.717) is 0 Å². The Morgan fingerprint density at radius 3 is 2.15 bits per heavy atom. The molecule has 0 spiro atoms. The van der Waals surface area contributed by atoms with Crippen LogP contribution >= 0.6 is 0 Å². The summed E-state index contributed by atoms with van der Waals surface area (Å²) in [6.07, 6.45) is 2.60. The summed E-state index contributed by atoms with van der Waals surface area (Å²) < 4.78 is 0. The molecule has 13 heavy (non-hydrogen) atoms. The predicted octanol–water partition coefficient (Wildman–Crippen LogP) is 3.56. The molecule has 0 aliphatic rings. The van der Waals surface area contributed by atoms with Gasteiger partial charge >= 0.3 is 0 Å². The van der Waals surface area contributed by atoms with Gasteiger partial charge in [-0.05, 0) is 27.0 Å². The zero-order valence-electron chi connectivity index (χ0n) is 9.39. The van der Waals surface area contributed by atoms with Crippen molar-refractivity contribution in [2.75, 3.05) is 0 Å². The minimum absolute atomic E-state index is 0.462. The third-order valence-corrected chi connectivity index (χ3v) is 1.96. The van der Waals surface area contributed by atoms with E-state index in [9.17, 15) is 0 Å². The van der Waals surface area contributed by atoms with Crippen molar-refractivity contribution < 1.29 is 0 Å². The van der Waals surface area contributed by atoms with Gasteiger partial charge in [0.25, 0.3) is 0 Å². The average molecular weight is 180 g/mol. The maximum absolute atomic E-state index is 8.84. The molecule has 0 amide bonds. The molecular weight excluding hydrogens is 160 g/mol. The molecular formula is C11H20N2. The average Bonchev–Trinajstić information content (AvgIpc) is 2.22. The Morgan fingerprint density at radius 2 is 2.08 bits per heavy atom. The number of allylic oxidation sites excluding steroid dienone is 2. The summed E-state index contributed by atoms with van der Waals surface area (Å²) in [5.74, 6) is 0. The smallest absolute Gasteiger partial charge is 0.0958 e. The molecule has 2 heteroatoms. The van der Waals surface area contributed by atoms with E-state index in [1.54, 1.807) is 0 Å². The van der Waals surface area contributed by atoms with E-state index >= 15 is 0 Å². The molecule has 1 atom stereocenters. The van der Waals surface area contributed by atoms with Crippen LogP contribution in [0.3, 0.4) is 0 Å². The van der Waals surface area contributed by atoms with E-state index in [-0.39, 0.29) is 0 Å². The molecule has 74 valence electrons. The van der Waals surface area contributed by atoms with Gasteiger partial charge in [0.2, 0.25) is 0 Å². The lowest BCUT2D eigenvalue weighted by Crippen LogP contribution is -2.14. The molecule has 0 bridgehead atoms. The second kappa shape index (κ2) is 7.54. The number of hydrogen-bond acceptors (Lipinski definition) is 2. The van der Waals surface area contributed by atoms with Crippen LogP contribution < -0.4 is 0 Å². The summed E-state index contributed by atoms with van der Waals surface area (Å²) in [6.45, 7) is 13.1. The molecule has 0 aliphatic carbocycles. The van der Waals surface area contributed by atoms with Crippen LogP contribution in [0.5, 0.6) is 0 Å². The molecule has 0 aromatic rings. The molecule has 0 N–H and O–H groups in total. The van der Waals surface area contributed by atoms with E-state index < -0.39 is 5.41 Å². The third kappa shape index (κ3) is 3.89. The van der Waals surface area contributed by atoms with Gasteiger partial charge in [-0.1, -0.05) is 26.8 Å². The Labute approximate surface area is 82.0 Å². The number of rotatable bonds is 3. The van der Waals surface area contributed by atoms with Gasteiger partial charge in [0.1, 0.15) is 0 Å². The SMILES string of the molecule is C=N/C(=C\C)C(C)(C#N)CC.CC. The van der Waals surface area contributed by atoms with E-state index in [1.807, 2.05) is 40.7 Å². The van der Waals surface area contributed by atoms with Crippen molar-refractivity contribution >= 4 is 6.72 Å². The highest BCUT2D eigenvalue weighted by Crippen LogP contribution is 2.29. The highest BCUT2D eigenvalue weighted by molar-refractivity contribution is 5.33. The van der Waals surface area contributed by atoms with Gasteiger partial charge in [-0.25, -0.2) is 0 Å². The first-order chi connectivity index (χ1) is 6.14. The lowest BCUT2D eigenvalue weighted by Gasteiger charge is -2.18. The van der Waals surface area contributed by atoms with Crippen LogP contribution in [0.15, 0.2) is 16.8 Å². The Morgan fingerprint density at radius 1 is 1.62 bits per heavy atom. The summed E-state index contributed by atoms with van der Waals surface area (Å²) in [4.78, 5) is 3.81. The molecule has 0 aromatic heterocycles. The molecule has 0 heterocycles. The van der Waals surface area contributed by atoms with Crippen LogP contribution in [0.4, 0.5) is 0 Å². The van der Waals surface area contributed by atoms with Crippen LogP contribution in [-0.2, 0) is 0 Å². The fraction of sp³-hybridized carbons (Fsp3) is 0.636. The highest BCUT2D eigenvalue weighted by Gasteiger charge is 2.25. The highest BCUT2D eigenvalue weighted by atomic mass is 14.7. The van der Waals surface area contributed by atoms with Crippen LogP contribution in [0.25, 0.3) is 0 Å². The number of nitriles is 1. The zero-order chi connectivity index (χ0) is 10.9. The number of nitrogens with zero attached hydrogens (tertiary/aromatic N) is 2. The first kappa shape index (κ1) is 14.4. The molecule has 0 saturated heterocycles. The summed E-state index contributed by atoms with van der Waals surface area (Å²) in [5.41, 5.74) is 0.304. The Hall–Kier alpha value is -1.10. The van der Waals surface area contributed by atoms with Gasteiger partial charge in [-0.15, -0.1) is 0 Å². The zero-order valence-corrected chi connectivity index (χ0v) is 9.39. The molecule has 0 fully saturated rings. The second-order valence-electron chi connectivity index (χ2n) is 2.63. The van der Waals surface area contributed by atoms with Crippen molar-refractivity contribution in [1.29, 1.82) is 5.26 Å². The van der Waals surface area contributed by atoms with Crippen molar-refractivity contribution in [3.63, 3.8) is 0 Å². The number of aliphatic imine (C=N–C) groups is 1. The Bertz CT molecular complexity index is 211. The van der Waals surface area contributed by atoms with E-state index in [1.165, 1.54) is 0 Å². The van der Waals surface area contributed by atoms with Gasteiger partial charge < -0.3 is 0 Å². The van der Waals surface area contributed by atoms with Crippen LogP contribution in [0.1, 0.15) is 41.0 Å². The van der Waals surface area contributed by atoms with E-state index in [2.05, 4.69) is 17.8 Å². The summed E-state index contributed by atoms with van der Waals surface area (Å²) in [7, 11) is 0. The Balaban J connectivity index is 0. The van der Waals surface area contributed by atoms with Crippen molar-refractivity contribution in [1.82, 2.24) is 0 Å². The molecule has 0 rings (SSSR count). The minimum Gasteiger partial charge on any atom is -0.268 e. The van der Waals surface area contributed by atoms with Gasteiger partial charge in [0, 0.05) is 0 Å². The van der Waals surface area contributed by atoms with Crippen LogP contribution in [0.2, 0.25) is 0 Å². The topological polar surface area (TPSA) is 36.1 Å². The standard InChI is InChI=1S/C9H14N2.C2H6/c1-5-8(11-4)9(3,6-2)7-10;1-2/h5H,4,6H2,1-3H3;1-2H3/b8-5-;. The third-order valence-electron chi connectivity index (χ3n) is 1.96. The van der Waals surface area contributed by atoms with Crippen molar-refractivity contribution in [2.45, 2.75) is 41.0 Å². The first-order valence-electron chi connectivity index (χ1n) is 4.69. The summed E-state index contributed by atoms with van der Waals surface area (Å²) in [6, 6.07) is 2.23. The molecule has 0 radical (unpaired) electrons. The molecule has 0 aliphatic heterocycles. The van der Waals surface area contributed by atoms with Gasteiger partial charge in [-0.2, -0.15) is 5.26 Å². The maximum atomic E-state index is 8.84. The van der Waals surface area contributed by atoms with Crippen molar-refractivity contribution in [3.05, 3.63) is 11.8 Å². The fourth-order valence-electron chi connectivity index (χ4n) is 0.902. The molecule has 0 saturated carbocycles. The summed E-state index contributed by atoms with van der Waals surface area (Å²) >= 11 is 0. The molecule has 2 nitrogen and oxygen atoms in total. The molecule has 0 aromatic carbocycles. The fourth-order valence-corrected chi connectivity index (χ4v) is 0.902. The first-order valence-corrected chi connectivity index (χ1v) is 4.69. The van der Waals surface area contributed by atoms with E-state index in [0.717, 1.165) is 12.1 Å². The summed E-state index contributed by atoms with van der Waals surface area (Å²) in [5, 5.41) is 8.84. The maximum Gasteiger partial charge on any atom is 0.0958 e. The predicted molar refractivity (Wildman–Crippen MR) is 58.7 cm³/mol. The second-order valence-corrected chi connectivity index (χ2v) is 2.63. The normalized spacial score (nSPS) is 14.6. The lowest BCUT2D eigenvalue weighted by molar-refractivity contribution is 0.504. The van der Waals surface area contributed by atoms with Gasteiger partial charge in [0.05, 0.1) is 17.2 Å². The monoisotopic (exact) mass is 180 g/mol. The number of hydrogen-bond donors (Lipinski definition) is 0. The van der Waals surface area contributed by atoms with Crippen molar-refractivity contribution in [3.8, 4) is 6.07 Å². The van der Waals surface area contributed by atoms with Crippen LogP contribution in [-0.4, -0.2) is 6.72 Å². The van der Waals surface area contributed by atoms with Gasteiger partial charge in [-0.3, -0.25) is 4.99 Å². The quantitative estimate of drug-likeness (QED) is 0.612. The van der Waals surface area contributed by atoms with E-state index in [4.69, 9.17) is 5.26 Å². The Kier molecular flexibility index (Phi) is 8.37. The van der Waals surface area contributed by atoms with Crippen molar-refractivity contribution in [2.24, 2.45) is 10.4 Å². The minimum atomic E-state index is -0.462. The largest absolute Gasteiger partial charge is 0.268 e. The van der Waals surface area contributed by atoms with Gasteiger partial charge in [0.15, 0.2) is 0 Å². The molecule has 1 unspecified atom stereocenters. The lowest BCUT2D eigenvalue weighted by atomic mass is 9.85. The van der Waals surface area contributed by atoms with Crippen LogP contribution in [0, 0.1) is 16.7 Å².